The Labute approximate surface area is 114 Å². The first-order valence-corrected chi connectivity index (χ1v) is 6.41. The SMILES string of the molecule is CCCNC(C)c1ccc(N(CC#N)CC#N)nc1. The van der Waals surface area contributed by atoms with Crippen LogP contribution >= 0.6 is 0 Å². The first kappa shape index (κ1) is 14.9. The van der Waals surface area contributed by atoms with E-state index in [9.17, 15) is 0 Å². The lowest BCUT2D eigenvalue weighted by molar-refractivity contribution is 0.569. The highest BCUT2D eigenvalue weighted by Crippen LogP contribution is 2.15. The smallest absolute Gasteiger partial charge is 0.130 e. The van der Waals surface area contributed by atoms with Crippen LogP contribution in [0.2, 0.25) is 0 Å². The average molecular weight is 257 g/mol. The molecule has 0 aliphatic rings. The van der Waals surface area contributed by atoms with Gasteiger partial charge in [-0.05, 0) is 31.5 Å². The molecule has 1 heterocycles. The molecule has 1 N–H and O–H groups in total. The molecule has 1 aromatic rings. The molecule has 0 spiro atoms. The van der Waals surface area contributed by atoms with Crippen molar-refractivity contribution in [3.63, 3.8) is 0 Å². The number of nitrogens with zero attached hydrogens (tertiary/aromatic N) is 4. The number of pyridine rings is 1. The molecular formula is C14H19N5. The summed E-state index contributed by atoms with van der Waals surface area (Å²) in [6.45, 7) is 5.53. The van der Waals surface area contributed by atoms with Crippen LogP contribution in [0.1, 0.15) is 31.9 Å². The lowest BCUT2D eigenvalue weighted by Gasteiger charge is -2.18. The van der Waals surface area contributed by atoms with Gasteiger partial charge in [-0.2, -0.15) is 10.5 Å². The molecule has 0 bridgehead atoms. The van der Waals surface area contributed by atoms with Gasteiger partial charge in [0.1, 0.15) is 18.9 Å². The molecule has 19 heavy (non-hydrogen) atoms. The minimum Gasteiger partial charge on any atom is -0.330 e. The van der Waals surface area contributed by atoms with Crippen molar-refractivity contribution < 1.29 is 0 Å². The van der Waals surface area contributed by atoms with Gasteiger partial charge in [-0.25, -0.2) is 4.98 Å². The molecule has 0 amide bonds. The van der Waals surface area contributed by atoms with Crippen molar-refractivity contribution in [2.24, 2.45) is 0 Å². The third-order valence-electron chi connectivity index (χ3n) is 2.82. The van der Waals surface area contributed by atoms with E-state index in [4.69, 9.17) is 10.5 Å². The Kier molecular flexibility index (Phi) is 6.35. The largest absolute Gasteiger partial charge is 0.330 e. The van der Waals surface area contributed by atoms with Gasteiger partial charge in [-0.1, -0.05) is 13.0 Å². The van der Waals surface area contributed by atoms with Crippen LogP contribution in [0.4, 0.5) is 5.82 Å². The fourth-order valence-electron chi connectivity index (χ4n) is 1.71. The van der Waals surface area contributed by atoms with Gasteiger partial charge in [0.25, 0.3) is 0 Å². The molecule has 5 nitrogen and oxygen atoms in total. The second kappa shape index (κ2) is 8.07. The minimum atomic E-state index is 0.170. The van der Waals surface area contributed by atoms with E-state index in [1.165, 1.54) is 0 Å². The molecule has 0 aliphatic carbocycles. The van der Waals surface area contributed by atoms with Gasteiger partial charge in [0.15, 0.2) is 0 Å². The zero-order chi connectivity index (χ0) is 14.1. The summed E-state index contributed by atoms with van der Waals surface area (Å²) in [5.41, 5.74) is 1.10. The monoisotopic (exact) mass is 257 g/mol. The van der Waals surface area contributed by atoms with E-state index in [0.717, 1.165) is 18.5 Å². The Bertz CT molecular complexity index is 438. The van der Waals surface area contributed by atoms with Crippen LogP contribution in [-0.2, 0) is 0 Å². The predicted octanol–water partition coefficient (Wildman–Crippen LogP) is 2.00. The first-order valence-electron chi connectivity index (χ1n) is 6.41. The highest BCUT2D eigenvalue weighted by molar-refractivity contribution is 5.42. The second-order valence-electron chi connectivity index (χ2n) is 4.30. The fraction of sp³-hybridized carbons (Fsp3) is 0.500. The normalized spacial score (nSPS) is 11.4. The Morgan fingerprint density at radius 3 is 2.47 bits per heavy atom. The van der Waals surface area contributed by atoms with E-state index in [0.29, 0.717) is 5.82 Å². The minimum absolute atomic E-state index is 0.170. The maximum atomic E-state index is 8.73. The highest BCUT2D eigenvalue weighted by Gasteiger charge is 2.09. The molecule has 5 heteroatoms. The number of aromatic nitrogens is 1. The number of hydrogen-bond donors (Lipinski definition) is 1. The van der Waals surface area contributed by atoms with Crippen LogP contribution in [0.3, 0.4) is 0 Å². The van der Waals surface area contributed by atoms with E-state index in [1.807, 2.05) is 24.3 Å². The fourth-order valence-corrected chi connectivity index (χ4v) is 1.71. The summed E-state index contributed by atoms with van der Waals surface area (Å²) < 4.78 is 0. The molecule has 0 aromatic carbocycles. The van der Waals surface area contributed by atoms with Crippen molar-refractivity contribution in [3.05, 3.63) is 23.9 Å². The molecule has 0 radical (unpaired) electrons. The van der Waals surface area contributed by atoms with Crippen molar-refractivity contribution in [3.8, 4) is 12.1 Å². The van der Waals surface area contributed by atoms with Gasteiger partial charge in [0.2, 0.25) is 0 Å². The summed E-state index contributed by atoms with van der Waals surface area (Å²) in [4.78, 5) is 5.98. The van der Waals surface area contributed by atoms with Gasteiger partial charge in [0.05, 0.1) is 12.1 Å². The summed E-state index contributed by atoms with van der Waals surface area (Å²) in [6, 6.07) is 8.17. The van der Waals surface area contributed by atoms with E-state index in [-0.39, 0.29) is 19.1 Å². The molecule has 100 valence electrons. The molecule has 0 aliphatic heterocycles. The van der Waals surface area contributed by atoms with Crippen LogP contribution < -0.4 is 10.2 Å². The van der Waals surface area contributed by atoms with Crippen molar-refractivity contribution in [2.45, 2.75) is 26.3 Å². The van der Waals surface area contributed by atoms with Gasteiger partial charge in [-0.15, -0.1) is 0 Å². The third-order valence-corrected chi connectivity index (χ3v) is 2.82. The number of rotatable bonds is 7. The van der Waals surface area contributed by atoms with Crippen LogP contribution in [0.25, 0.3) is 0 Å². The second-order valence-corrected chi connectivity index (χ2v) is 4.30. The molecular weight excluding hydrogens is 238 g/mol. The summed E-state index contributed by atoms with van der Waals surface area (Å²) >= 11 is 0. The van der Waals surface area contributed by atoms with Crippen molar-refractivity contribution in [1.82, 2.24) is 10.3 Å². The molecule has 0 fully saturated rings. The van der Waals surface area contributed by atoms with Gasteiger partial charge < -0.3 is 10.2 Å². The Balaban J connectivity index is 2.74. The maximum absolute atomic E-state index is 8.73. The molecule has 0 saturated heterocycles. The van der Waals surface area contributed by atoms with Gasteiger partial charge >= 0.3 is 0 Å². The van der Waals surface area contributed by atoms with E-state index in [1.54, 1.807) is 11.1 Å². The zero-order valence-electron chi connectivity index (χ0n) is 11.4. The van der Waals surface area contributed by atoms with Crippen molar-refractivity contribution in [1.29, 1.82) is 10.5 Å². The van der Waals surface area contributed by atoms with Crippen LogP contribution in [-0.4, -0.2) is 24.6 Å². The van der Waals surface area contributed by atoms with Crippen LogP contribution in [0.15, 0.2) is 18.3 Å². The molecule has 1 atom stereocenters. The van der Waals surface area contributed by atoms with E-state index in [2.05, 4.69) is 24.1 Å². The van der Waals surface area contributed by atoms with E-state index < -0.39 is 0 Å². The third kappa shape index (κ3) is 4.57. The topological polar surface area (TPSA) is 75.7 Å². The summed E-state index contributed by atoms with van der Waals surface area (Å²) in [7, 11) is 0. The standard InChI is InChI=1S/C14H19N5/c1-3-8-17-12(2)13-4-5-14(18-11-13)19(9-6-15)10-7-16/h4-5,11-12,17H,3,8-10H2,1-2H3. The average Bonchev–Trinajstić information content (AvgIpc) is 2.44. The maximum Gasteiger partial charge on any atom is 0.130 e. The number of hydrogen-bond acceptors (Lipinski definition) is 5. The lowest BCUT2D eigenvalue weighted by Crippen LogP contribution is -2.25. The molecule has 1 unspecified atom stereocenters. The highest BCUT2D eigenvalue weighted by atomic mass is 15.2. The summed E-state index contributed by atoms with van der Waals surface area (Å²) in [6.07, 6.45) is 2.89. The Hall–Kier alpha value is -2.11. The van der Waals surface area contributed by atoms with Gasteiger partial charge in [0, 0.05) is 12.2 Å². The summed E-state index contributed by atoms with van der Waals surface area (Å²) in [5, 5.41) is 20.8. The van der Waals surface area contributed by atoms with Crippen LogP contribution in [0.5, 0.6) is 0 Å². The van der Waals surface area contributed by atoms with Crippen LogP contribution in [0, 0.1) is 22.7 Å². The quantitative estimate of drug-likeness (QED) is 0.756. The summed E-state index contributed by atoms with van der Waals surface area (Å²) in [5.74, 6) is 0.662. The number of anilines is 1. The van der Waals surface area contributed by atoms with Gasteiger partial charge in [-0.3, -0.25) is 0 Å². The Morgan fingerprint density at radius 2 is 2.00 bits per heavy atom. The lowest BCUT2D eigenvalue weighted by atomic mass is 10.1. The molecule has 1 rings (SSSR count). The first-order chi connectivity index (χ1) is 9.22. The van der Waals surface area contributed by atoms with Crippen molar-refractivity contribution in [2.75, 3.05) is 24.5 Å². The predicted molar refractivity (Wildman–Crippen MR) is 74.4 cm³/mol. The molecule has 1 aromatic heterocycles. The Morgan fingerprint density at radius 1 is 1.32 bits per heavy atom. The zero-order valence-corrected chi connectivity index (χ0v) is 11.4. The molecule has 0 saturated carbocycles. The van der Waals surface area contributed by atoms with Crippen molar-refractivity contribution >= 4 is 5.82 Å². The van der Waals surface area contributed by atoms with E-state index >= 15 is 0 Å². The number of nitrogens with one attached hydrogen (secondary N) is 1. The number of nitriles is 2.